The fraction of sp³-hybridized carbons (Fsp3) is 0.429. The third-order valence-electron chi connectivity index (χ3n) is 9.39. The minimum Gasteiger partial charge on any atom is -0.349 e. The van der Waals surface area contributed by atoms with Gasteiger partial charge in [0.25, 0.3) is 5.91 Å². The summed E-state index contributed by atoms with van der Waals surface area (Å²) in [5.74, 6) is -0.272. The number of hydrogen-bond acceptors (Lipinski definition) is 3. The molecule has 44 heavy (non-hydrogen) atoms. The summed E-state index contributed by atoms with van der Waals surface area (Å²) in [5.41, 5.74) is 3.81. The number of amides is 2. The topological polar surface area (TPSA) is 61.4 Å². The van der Waals surface area contributed by atoms with Gasteiger partial charge in [0.1, 0.15) is 12.0 Å². The van der Waals surface area contributed by atoms with Gasteiger partial charge in [-0.3, -0.25) is 9.59 Å². The van der Waals surface area contributed by atoms with Crippen LogP contribution in [0.5, 0.6) is 0 Å². The zero-order valence-corrected chi connectivity index (χ0v) is 25.3. The number of piperidine rings is 1. The first kappa shape index (κ1) is 30.7. The number of hydrogen-bond donors (Lipinski definition) is 2. The highest BCUT2D eigenvalue weighted by Gasteiger charge is 2.49. The molecule has 2 N–H and O–H groups in total. The summed E-state index contributed by atoms with van der Waals surface area (Å²) in [6, 6.07) is 20.9. The molecule has 1 saturated heterocycles. The highest BCUT2D eigenvalue weighted by atomic mass is 35.5. The minimum absolute atomic E-state index is 0.0779. The zero-order chi connectivity index (χ0) is 30.9. The van der Waals surface area contributed by atoms with E-state index in [4.69, 9.17) is 11.6 Å². The van der Waals surface area contributed by atoms with Crippen molar-refractivity contribution in [1.82, 2.24) is 15.5 Å². The van der Waals surface area contributed by atoms with E-state index >= 15 is 0 Å². The van der Waals surface area contributed by atoms with E-state index in [1.54, 1.807) is 6.07 Å². The Hall–Kier alpha value is -3.36. The maximum absolute atomic E-state index is 13.7. The van der Waals surface area contributed by atoms with Crippen molar-refractivity contribution in [3.63, 3.8) is 0 Å². The lowest BCUT2D eigenvalue weighted by Crippen LogP contribution is -2.47. The van der Waals surface area contributed by atoms with Crippen LogP contribution in [0.4, 0.5) is 13.2 Å². The molecule has 2 fully saturated rings. The molecule has 0 unspecified atom stereocenters. The standard InChI is InChI=1S/C35H37ClF3N3O2/c36-30-13-7-10-25(23-14-15-23)31(30)32(43)41-24-16-20-42(21-17-24)19-6-5-18-34(33(44)40-22-35(37,38)39)28-11-3-1-8-26(28)27-9-2-4-12-29(27)34/h1-4,7-13,23-24H,5-6,14-22H2,(H,40,44)(H,41,43). The van der Waals surface area contributed by atoms with Gasteiger partial charge in [0.05, 0.1) is 10.6 Å². The van der Waals surface area contributed by atoms with Crippen LogP contribution in [-0.2, 0) is 10.2 Å². The van der Waals surface area contributed by atoms with Crippen molar-refractivity contribution in [3.8, 4) is 11.1 Å². The van der Waals surface area contributed by atoms with Crippen LogP contribution in [0.3, 0.4) is 0 Å². The molecular weight excluding hydrogens is 587 g/mol. The second-order valence-electron chi connectivity index (χ2n) is 12.3. The summed E-state index contributed by atoms with van der Waals surface area (Å²) in [4.78, 5) is 29.2. The number of likely N-dealkylation sites (tertiary alicyclic amines) is 1. The van der Waals surface area contributed by atoms with Crippen molar-refractivity contribution in [1.29, 1.82) is 0 Å². The Kier molecular flexibility index (Phi) is 8.75. The summed E-state index contributed by atoms with van der Waals surface area (Å²) in [7, 11) is 0. The average molecular weight is 624 g/mol. The summed E-state index contributed by atoms with van der Waals surface area (Å²) in [5, 5.41) is 5.92. The Labute approximate surface area is 261 Å². The Bertz CT molecular complexity index is 1480. The molecule has 1 saturated carbocycles. The molecule has 6 rings (SSSR count). The molecule has 1 aliphatic heterocycles. The van der Waals surface area contributed by atoms with Gasteiger partial charge < -0.3 is 15.5 Å². The summed E-state index contributed by atoms with van der Waals surface area (Å²) < 4.78 is 39.4. The number of carbonyl (C=O) groups excluding carboxylic acids is 2. The van der Waals surface area contributed by atoms with Gasteiger partial charge in [-0.05, 0) is 84.9 Å². The molecule has 2 amide bonds. The predicted molar refractivity (Wildman–Crippen MR) is 166 cm³/mol. The fourth-order valence-corrected chi connectivity index (χ4v) is 7.35. The molecule has 3 aromatic rings. The van der Waals surface area contributed by atoms with Crippen LogP contribution >= 0.6 is 11.6 Å². The SMILES string of the molecule is O=C(NC1CCN(CCCCC2(C(=O)NCC(F)(F)F)c3ccccc3-c3ccccc32)CC1)c1c(Cl)cccc1C1CC1. The van der Waals surface area contributed by atoms with Crippen molar-refractivity contribution in [2.75, 3.05) is 26.2 Å². The fourth-order valence-electron chi connectivity index (χ4n) is 7.08. The zero-order valence-electron chi connectivity index (χ0n) is 24.6. The van der Waals surface area contributed by atoms with E-state index in [0.29, 0.717) is 29.3 Å². The van der Waals surface area contributed by atoms with Crippen LogP contribution in [0.2, 0.25) is 5.02 Å². The molecule has 0 atom stereocenters. The number of carbonyl (C=O) groups is 2. The molecule has 5 nitrogen and oxygen atoms in total. The van der Waals surface area contributed by atoms with E-state index in [0.717, 1.165) is 79.6 Å². The van der Waals surface area contributed by atoms with E-state index in [2.05, 4.69) is 15.5 Å². The second kappa shape index (κ2) is 12.6. The van der Waals surface area contributed by atoms with Crippen LogP contribution in [0.1, 0.15) is 77.9 Å². The Morgan fingerprint density at radius 2 is 1.50 bits per heavy atom. The molecule has 0 bridgehead atoms. The van der Waals surface area contributed by atoms with Crippen molar-refractivity contribution in [2.45, 2.75) is 68.5 Å². The van der Waals surface area contributed by atoms with Gasteiger partial charge in [-0.15, -0.1) is 0 Å². The minimum atomic E-state index is -4.49. The maximum atomic E-state index is 13.7. The van der Waals surface area contributed by atoms with Crippen molar-refractivity contribution >= 4 is 23.4 Å². The first-order chi connectivity index (χ1) is 21.2. The van der Waals surface area contributed by atoms with E-state index in [1.807, 2.05) is 60.7 Å². The Balaban J connectivity index is 1.07. The Morgan fingerprint density at radius 3 is 2.11 bits per heavy atom. The Morgan fingerprint density at radius 1 is 0.864 bits per heavy atom. The summed E-state index contributed by atoms with van der Waals surface area (Å²) >= 11 is 6.43. The predicted octanol–water partition coefficient (Wildman–Crippen LogP) is 7.23. The monoisotopic (exact) mass is 623 g/mol. The summed E-state index contributed by atoms with van der Waals surface area (Å²) in [6.07, 6.45) is 1.26. The van der Waals surface area contributed by atoms with E-state index < -0.39 is 24.0 Å². The van der Waals surface area contributed by atoms with Gasteiger partial charge in [-0.25, -0.2) is 0 Å². The number of unbranched alkanes of at least 4 members (excludes halogenated alkanes) is 1. The average Bonchev–Trinajstić information content (AvgIpc) is 3.82. The molecule has 3 aliphatic rings. The van der Waals surface area contributed by atoms with Crippen molar-refractivity contribution in [2.24, 2.45) is 0 Å². The van der Waals surface area contributed by atoms with E-state index in [-0.39, 0.29) is 11.9 Å². The maximum Gasteiger partial charge on any atom is 0.405 e. The molecule has 0 spiro atoms. The molecule has 0 radical (unpaired) electrons. The first-order valence-corrected chi connectivity index (χ1v) is 15.9. The van der Waals surface area contributed by atoms with Gasteiger partial charge in [0.15, 0.2) is 0 Å². The quantitative estimate of drug-likeness (QED) is 0.234. The van der Waals surface area contributed by atoms with E-state index in [1.165, 1.54) is 0 Å². The van der Waals surface area contributed by atoms with Crippen LogP contribution in [0.15, 0.2) is 66.7 Å². The second-order valence-corrected chi connectivity index (χ2v) is 12.7. The third kappa shape index (κ3) is 6.24. The molecular formula is C35H37ClF3N3O2. The summed E-state index contributed by atoms with van der Waals surface area (Å²) in [6.45, 7) is 1.14. The first-order valence-electron chi connectivity index (χ1n) is 15.5. The normalized spacial score (nSPS) is 18.0. The number of halogens is 4. The molecule has 232 valence electrons. The number of nitrogens with one attached hydrogen (secondary N) is 2. The van der Waals surface area contributed by atoms with Crippen LogP contribution in [0.25, 0.3) is 11.1 Å². The number of benzene rings is 3. The lowest BCUT2D eigenvalue weighted by molar-refractivity contribution is -0.141. The van der Waals surface area contributed by atoms with Gasteiger partial charge in [0, 0.05) is 19.1 Å². The number of fused-ring (bicyclic) bond motifs is 3. The van der Waals surface area contributed by atoms with E-state index in [9.17, 15) is 22.8 Å². The number of rotatable bonds is 10. The van der Waals surface area contributed by atoms with Gasteiger partial charge in [-0.1, -0.05) is 78.7 Å². The highest BCUT2D eigenvalue weighted by molar-refractivity contribution is 6.34. The smallest absolute Gasteiger partial charge is 0.349 e. The lowest BCUT2D eigenvalue weighted by atomic mass is 9.73. The molecule has 2 aliphatic carbocycles. The molecule has 9 heteroatoms. The van der Waals surface area contributed by atoms with Crippen LogP contribution < -0.4 is 10.6 Å². The van der Waals surface area contributed by atoms with Crippen molar-refractivity contribution in [3.05, 3.63) is 94.0 Å². The molecule has 0 aromatic heterocycles. The van der Waals surface area contributed by atoms with Gasteiger partial charge in [0.2, 0.25) is 5.91 Å². The van der Waals surface area contributed by atoms with Crippen molar-refractivity contribution < 1.29 is 22.8 Å². The molecule has 1 heterocycles. The molecule has 3 aromatic carbocycles. The lowest BCUT2D eigenvalue weighted by Gasteiger charge is -2.33. The highest BCUT2D eigenvalue weighted by Crippen LogP contribution is 2.51. The number of nitrogens with zero attached hydrogens (tertiary/aromatic N) is 1. The largest absolute Gasteiger partial charge is 0.405 e. The van der Waals surface area contributed by atoms with Gasteiger partial charge in [-0.2, -0.15) is 13.2 Å². The van der Waals surface area contributed by atoms with Crippen LogP contribution in [-0.4, -0.2) is 55.1 Å². The number of alkyl halides is 3. The third-order valence-corrected chi connectivity index (χ3v) is 9.70. The van der Waals surface area contributed by atoms with Gasteiger partial charge >= 0.3 is 6.18 Å². The van der Waals surface area contributed by atoms with Crippen LogP contribution in [0, 0.1) is 0 Å².